The molecular formula is C8H11NO. The van der Waals surface area contributed by atoms with Crippen LogP contribution in [0.3, 0.4) is 0 Å². The van der Waals surface area contributed by atoms with Crippen LogP contribution in [0.5, 0.6) is 0 Å². The van der Waals surface area contributed by atoms with Crippen molar-refractivity contribution in [3.05, 3.63) is 24.4 Å². The molecule has 1 aliphatic rings. The smallest absolute Gasteiger partial charge is 0.227 e. The largest absolute Gasteiger partial charge is 0.316 e. The van der Waals surface area contributed by atoms with E-state index >= 15 is 0 Å². The zero-order valence-corrected chi connectivity index (χ0v) is 6.18. The van der Waals surface area contributed by atoms with Gasteiger partial charge in [-0.1, -0.05) is 13.2 Å². The summed E-state index contributed by atoms with van der Waals surface area (Å²) < 4.78 is 0. The lowest BCUT2D eigenvalue weighted by atomic mass is 10.0. The molecule has 0 atom stereocenters. The van der Waals surface area contributed by atoms with Gasteiger partial charge in [0.05, 0.1) is 0 Å². The number of hydrogen-bond donors (Lipinski definition) is 0. The second-order valence-corrected chi connectivity index (χ2v) is 2.50. The first-order valence-corrected chi connectivity index (χ1v) is 3.26. The van der Waals surface area contributed by atoms with Crippen LogP contribution in [0.1, 0.15) is 12.8 Å². The van der Waals surface area contributed by atoms with Gasteiger partial charge in [-0.25, -0.2) is 0 Å². The molecule has 10 heavy (non-hydrogen) atoms. The number of likely N-dealkylation sites (N-methyl/N-ethyl adjacent to an activating group) is 1. The number of nitrogens with zero attached hydrogens (tertiary/aromatic N) is 1. The molecule has 0 aromatic rings. The fraction of sp³-hybridized carbons (Fsp3) is 0.375. The van der Waals surface area contributed by atoms with Crippen LogP contribution in [0, 0.1) is 0 Å². The van der Waals surface area contributed by atoms with Crippen LogP contribution >= 0.6 is 0 Å². The molecule has 54 valence electrons. The Morgan fingerprint density at radius 1 is 1.40 bits per heavy atom. The van der Waals surface area contributed by atoms with Crippen LogP contribution in [-0.4, -0.2) is 17.9 Å². The van der Waals surface area contributed by atoms with Crippen molar-refractivity contribution in [2.75, 3.05) is 7.05 Å². The number of carbonyl (C=O) groups is 1. The Balaban J connectivity index is 2.79. The van der Waals surface area contributed by atoms with Crippen molar-refractivity contribution in [1.82, 2.24) is 4.90 Å². The zero-order valence-electron chi connectivity index (χ0n) is 6.18. The minimum Gasteiger partial charge on any atom is -0.316 e. The van der Waals surface area contributed by atoms with E-state index in [-0.39, 0.29) is 5.91 Å². The number of likely N-dealkylation sites (tertiary alicyclic amines) is 1. The molecule has 0 radical (unpaired) electrons. The number of hydrogen-bond acceptors (Lipinski definition) is 1. The molecule has 0 aromatic carbocycles. The molecule has 0 spiro atoms. The fourth-order valence-corrected chi connectivity index (χ4v) is 0.958. The van der Waals surface area contributed by atoms with Crippen LogP contribution < -0.4 is 0 Å². The van der Waals surface area contributed by atoms with Gasteiger partial charge in [-0.3, -0.25) is 4.79 Å². The fourth-order valence-electron chi connectivity index (χ4n) is 0.958. The molecule has 0 N–H and O–H groups in total. The number of carbonyl (C=O) groups excluding carboxylic acids is 1. The minimum atomic E-state index is 0.136. The normalized spacial score (nSPS) is 20.1. The lowest BCUT2D eigenvalue weighted by Crippen LogP contribution is -2.30. The summed E-state index contributed by atoms with van der Waals surface area (Å²) in [7, 11) is 1.73. The molecule has 1 fully saturated rings. The Kier molecular flexibility index (Phi) is 1.62. The zero-order chi connectivity index (χ0) is 7.72. The summed E-state index contributed by atoms with van der Waals surface area (Å²) >= 11 is 0. The van der Waals surface area contributed by atoms with Gasteiger partial charge in [-0.15, -0.1) is 0 Å². The van der Waals surface area contributed by atoms with Crippen molar-refractivity contribution < 1.29 is 4.79 Å². The standard InChI is InChI=1S/C8H11NO/c1-6-4-5-8(10)9(3)7(6)2/h1-2,4-5H2,3H3. The second-order valence-electron chi connectivity index (χ2n) is 2.50. The summed E-state index contributed by atoms with van der Waals surface area (Å²) in [6, 6.07) is 0. The summed E-state index contributed by atoms with van der Waals surface area (Å²) in [5.74, 6) is 0.136. The third-order valence-corrected chi connectivity index (χ3v) is 1.83. The third kappa shape index (κ3) is 0.967. The molecule has 1 saturated heterocycles. The lowest BCUT2D eigenvalue weighted by Gasteiger charge is -2.26. The van der Waals surface area contributed by atoms with Crippen LogP contribution in [0.2, 0.25) is 0 Å². The SMILES string of the molecule is C=C1CCC(=O)N(C)C1=C. The maximum atomic E-state index is 11.0. The monoisotopic (exact) mass is 137 g/mol. The summed E-state index contributed by atoms with van der Waals surface area (Å²) in [5, 5.41) is 0. The number of piperidine rings is 1. The Labute approximate surface area is 60.8 Å². The summed E-state index contributed by atoms with van der Waals surface area (Å²) in [6.45, 7) is 7.52. The molecule has 2 heteroatoms. The first kappa shape index (κ1) is 7.06. The average molecular weight is 137 g/mol. The van der Waals surface area contributed by atoms with E-state index < -0.39 is 0 Å². The maximum Gasteiger partial charge on any atom is 0.227 e. The van der Waals surface area contributed by atoms with E-state index in [4.69, 9.17) is 0 Å². The van der Waals surface area contributed by atoms with Gasteiger partial charge in [0.1, 0.15) is 0 Å². The quantitative estimate of drug-likeness (QED) is 0.493. The van der Waals surface area contributed by atoms with E-state index in [0.717, 1.165) is 17.7 Å². The van der Waals surface area contributed by atoms with Crippen molar-refractivity contribution in [1.29, 1.82) is 0 Å². The minimum absolute atomic E-state index is 0.136. The second kappa shape index (κ2) is 2.29. The molecule has 1 rings (SSSR count). The summed E-state index contributed by atoms with van der Waals surface area (Å²) in [4.78, 5) is 12.5. The van der Waals surface area contributed by atoms with E-state index in [2.05, 4.69) is 13.2 Å². The van der Waals surface area contributed by atoms with Gasteiger partial charge in [0.2, 0.25) is 5.91 Å². The first-order valence-electron chi connectivity index (χ1n) is 3.26. The first-order chi connectivity index (χ1) is 4.63. The topological polar surface area (TPSA) is 20.3 Å². The van der Waals surface area contributed by atoms with E-state index in [1.54, 1.807) is 11.9 Å². The molecule has 0 saturated carbocycles. The van der Waals surface area contributed by atoms with Crippen molar-refractivity contribution in [2.45, 2.75) is 12.8 Å². The molecule has 1 aliphatic heterocycles. The molecule has 1 amide bonds. The third-order valence-electron chi connectivity index (χ3n) is 1.83. The van der Waals surface area contributed by atoms with Gasteiger partial charge >= 0.3 is 0 Å². The lowest BCUT2D eigenvalue weighted by molar-refractivity contribution is -0.128. The molecule has 1 heterocycles. The maximum absolute atomic E-state index is 11.0. The van der Waals surface area contributed by atoms with Crippen molar-refractivity contribution in [3.8, 4) is 0 Å². The van der Waals surface area contributed by atoms with Crippen molar-refractivity contribution >= 4 is 5.91 Å². The molecule has 0 aliphatic carbocycles. The van der Waals surface area contributed by atoms with Crippen LogP contribution in [0.4, 0.5) is 0 Å². The van der Waals surface area contributed by atoms with Gasteiger partial charge in [-0.2, -0.15) is 0 Å². The van der Waals surface area contributed by atoms with Crippen LogP contribution in [-0.2, 0) is 4.79 Å². The van der Waals surface area contributed by atoms with Crippen molar-refractivity contribution in [2.24, 2.45) is 0 Å². The molecule has 0 aromatic heterocycles. The predicted molar refractivity (Wildman–Crippen MR) is 40.3 cm³/mol. The molecule has 0 unspecified atom stereocenters. The van der Waals surface area contributed by atoms with Gasteiger partial charge < -0.3 is 4.90 Å². The Bertz CT molecular complexity index is 205. The molecule has 2 nitrogen and oxygen atoms in total. The van der Waals surface area contributed by atoms with Crippen molar-refractivity contribution in [3.63, 3.8) is 0 Å². The van der Waals surface area contributed by atoms with Gasteiger partial charge in [0, 0.05) is 19.2 Å². The van der Waals surface area contributed by atoms with Crippen LogP contribution in [0.25, 0.3) is 0 Å². The van der Waals surface area contributed by atoms with Gasteiger partial charge in [-0.05, 0) is 12.0 Å². The summed E-state index contributed by atoms with van der Waals surface area (Å²) in [6.07, 6.45) is 1.34. The number of amides is 1. The highest BCUT2D eigenvalue weighted by Gasteiger charge is 2.19. The van der Waals surface area contributed by atoms with Gasteiger partial charge in [0.25, 0.3) is 0 Å². The van der Waals surface area contributed by atoms with Crippen LogP contribution in [0.15, 0.2) is 24.4 Å². The Morgan fingerprint density at radius 2 is 2.00 bits per heavy atom. The Hall–Kier alpha value is -1.05. The predicted octanol–water partition coefficient (Wildman–Crippen LogP) is 1.31. The summed E-state index contributed by atoms with van der Waals surface area (Å²) in [5.41, 5.74) is 1.73. The number of allylic oxidation sites excluding steroid dienone is 1. The molecular weight excluding hydrogens is 126 g/mol. The van der Waals surface area contributed by atoms with E-state index in [1.807, 2.05) is 0 Å². The highest BCUT2D eigenvalue weighted by molar-refractivity contribution is 5.80. The van der Waals surface area contributed by atoms with E-state index in [1.165, 1.54) is 0 Å². The van der Waals surface area contributed by atoms with E-state index in [9.17, 15) is 4.79 Å². The van der Waals surface area contributed by atoms with E-state index in [0.29, 0.717) is 6.42 Å². The molecule has 0 bridgehead atoms. The van der Waals surface area contributed by atoms with Gasteiger partial charge in [0.15, 0.2) is 0 Å². The Morgan fingerprint density at radius 3 is 2.50 bits per heavy atom. The average Bonchev–Trinajstić information content (AvgIpc) is 1.93. The number of rotatable bonds is 0. The highest BCUT2D eigenvalue weighted by Crippen LogP contribution is 2.22. The highest BCUT2D eigenvalue weighted by atomic mass is 16.2.